The van der Waals surface area contributed by atoms with Crippen LogP contribution in [-0.4, -0.2) is 29.9 Å². The van der Waals surface area contributed by atoms with E-state index >= 15 is 0 Å². The zero-order chi connectivity index (χ0) is 19.3. The van der Waals surface area contributed by atoms with Crippen molar-refractivity contribution in [1.29, 1.82) is 15.8 Å². The number of hydrogen-bond acceptors (Lipinski definition) is 9. The molecule has 0 fully saturated rings. The molecule has 126 valence electrons. The Kier molecular flexibility index (Phi) is 3.26. The molecule has 12 heteroatoms. The van der Waals surface area contributed by atoms with Gasteiger partial charge in [0.15, 0.2) is 17.1 Å². The number of benzene rings is 1. The molecule has 3 heterocycles. The van der Waals surface area contributed by atoms with Gasteiger partial charge >= 0.3 is 0 Å². The normalized spacial score (nSPS) is 10.7. The molecule has 0 aliphatic heterocycles. The van der Waals surface area contributed by atoms with Crippen LogP contribution in [0.4, 0.5) is 13.2 Å². The first-order chi connectivity index (χ1) is 13.0. The maximum absolute atomic E-state index is 14.0. The summed E-state index contributed by atoms with van der Waals surface area (Å²) in [6, 6.07) is 4.43. The van der Waals surface area contributed by atoms with Gasteiger partial charge in [-0.25, -0.2) is 29.9 Å². The van der Waals surface area contributed by atoms with Gasteiger partial charge in [0.1, 0.15) is 51.3 Å². The minimum atomic E-state index is -1.25. The first kappa shape index (κ1) is 16.0. The van der Waals surface area contributed by atoms with Crippen LogP contribution < -0.4 is 0 Å². The monoisotopic (exact) mass is 363 g/mol. The van der Waals surface area contributed by atoms with Crippen molar-refractivity contribution in [2.45, 2.75) is 0 Å². The third-order valence-corrected chi connectivity index (χ3v) is 3.55. The van der Waals surface area contributed by atoms with Gasteiger partial charge in [0.05, 0.1) is 0 Å². The first-order valence-electron chi connectivity index (χ1n) is 6.92. The van der Waals surface area contributed by atoms with E-state index in [1.165, 1.54) is 18.2 Å². The van der Waals surface area contributed by atoms with E-state index in [1.54, 1.807) is 0 Å². The lowest BCUT2D eigenvalue weighted by atomic mass is 10.1. The maximum Gasteiger partial charge on any atom is 0.250 e. The second-order valence-corrected chi connectivity index (χ2v) is 5.02. The van der Waals surface area contributed by atoms with Crippen LogP contribution in [0.15, 0.2) is 0 Å². The molecule has 4 aromatic rings. The van der Waals surface area contributed by atoms with Crippen LogP contribution in [0.2, 0.25) is 0 Å². The van der Waals surface area contributed by atoms with E-state index in [2.05, 4.69) is 29.9 Å². The molecule has 0 amide bonds. The molecule has 3 aromatic heterocycles. The number of aromatic nitrogens is 6. The number of nitrogens with zero attached hydrogens (tertiary/aromatic N) is 9. The van der Waals surface area contributed by atoms with Gasteiger partial charge in [-0.1, -0.05) is 0 Å². The Balaban J connectivity index is 2.39. The fourth-order valence-electron chi connectivity index (χ4n) is 2.45. The van der Waals surface area contributed by atoms with E-state index in [0.717, 1.165) is 0 Å². The average molecular weight is 363 g/mol. The third-order valence-electron chi connectivity index (χ3n) is 3.55. The maximum atomic E-state index is 14.0. The predicted molar refractivity (Wildman–Crippen MR) is 79.7 cm³/mol. The molecule has 0 spiro atoms. The lowest BCUT2D eigenvalue weighted by Gasteiger charge is -2.08. The number of fused-ring (bicyclic) bond motifs is 6. The highest BCUT2D eigenvalue weighted by atomic mass is 19.1. The van der Waals surface area contributed by atoms with Crippen LogP contribution >= 0.6 is 0 Å². The van der Waals surface area contributed by atoms with Gasteiger partial charge in [-0.3, -0.25) is 0 Å². The molecule has 9 nitrogen and oxygen atoms in total. The largest absolute Gasteiger partial charge is 0.250 e. The summed E-state index contributed by atoms with van der Waals surface area (Å²) in [4.78, 5) is 21.9. The number of halogens is 3. The Morgan fingerprint density at radius 2 is 0.667 bits per heavy atom. The van der Waals surface area contributed by atoms with Crippen LogP contribution in [0.5, 0.6) is 0 Å². The summed E-state index contributed by atoms with van der Waals surface area (Å²) in [5.74, 6) is -3.76. The van der Waals surface area contributed by atoms with Crippen molar-refractivity contribution < 1.29 is 13.2 Å². The minimum Gasteiger partial charge on any atom is -0.228 e. The molecule has 0 bridgehead atoms. The van der Waals surface area contributed by atoms with Crippen molar-refractivity contribution in [3.05, 3.63) is 34.9 Å². The molecular weight excluding hydrogens is 363 g/mol. The van der Waals surface area contributed by atoms with Gasteiger partial charge in [0.25, 0.3) is 0 Å². The summed E-state index contributed by atoms with van der Waals surface area (Å²) in [6.07, 6.45) is 0. The van der Waals surface area contributed by atoms with Gasteiger partial charge in [0.2, 0.25) is 17.8 Å². The Hall–Kier alpha value is -4.50. The molecule has 0 N–H and O–H groups in total. The van der Waals surface area contributed by atoms with E-state index in [1.807, 2.05) is 0 Å². The van der Waals surface area contributed by atoms with Crippen LogP contribution in [0.25, 0.3) is 33.1 Å². The highest BCUT2D eigenvalue weighted by Gasteiger charge is 2.22. The summed E-state index contributed by atoms with van der Waals surface area (Å²) in [5, 5.41) is 26.9. The molecule has 27 heavy (non-hydrogen) atoms. The van der Waals surface area contributed by atoms with Gasteiger partial charge in [0, 0.05) is 0 Å². The zero-order valence-electron chi connectivity index (χ0n) is 12.7. The fourth-order valence-corrected chi connectivity index (χ4v) is 2.45. The summed E-state index contributed by atoms with van der Waals surface area (Å²) < 4.78 is 41.9. The standard InChI is InChI=1S/C15F3N9/c16-13-4(1-19)22-7-10(25-13)8-12(27-15(18)6(3-21)23-8)9-11(7)26-14(17)5(2-20)24-9. The van der Waals surface area contributed by atoms with Crippen molar-refractivity contribution in [3.8, 4) is 18.2 Å². The lowest BCUT2D eigenvalue weighted by molar-refractivity contribution is 0.575. The van der Waals surface area contributed by atoms with Crippen LogP contribution in [0, 0.1) is 51.8 Å². The molecule has 0 saturated carbocycles. The molecular formula is C15F3N9. The highest BCUT2D eigenvalue weighted by Crippen LogP contribution is 2.30. The molecule has 0 saturated heterocycles. The Morgan fingerprint density at radius 3 is 0.889 bits per heavy atom. The summed E-state index contributed by atoms with van der Waals surface area (Å²) in [6.45, 7) is 0. The molecule has 0 aliphatic rings. The van der Waals surface area contributed by atoms with Crippen LogP contribution in [-0.2, 0) is 0 Å². The number of nitriles is 3. The average Bonchev–Trinajstić information content (AvgIpc) is 2.67. The zero-order valence-corrected chi connectivity index (χ0v) is 12.7. The van der Waals surface area contributed by atoms with E-state index in [0.29, 0.717) is 0 Å². The van der Waals surface area contributed by atoms with E-state index in [-0.39, 0.29) is 33.1 Å². The topological polar surface area (TPSA) is 149 Å². The van der Waals surface area contributed by atoms with Gasteiger partial charge in [-0.2, -0.15) is 29.0 Å². The summed E-state index contributed by atoms with van der Waals surface area (Å²) >= 11 is 0. The Bertz CT molecular complexity index is 1240. The summed E-state index contributed by atoms with van der Waals surface area (Å²) in [5.41, 5.74) is -3.88. The second kappa shape index (κ2) is 5.51. The highest BCUT2D eigenvalue weighted by molar-refractivity contribution is 6.17. The van der Waals surface area contributed by atoms with Gasteiger partial charge in [-0.05, 0) is 0 Å². The van der Waals surface area contributed by atoms with Crippen LogP contribution in [0.1, 0.15) is 17.1 Å². The quantitative estimate of drug-likeness (QED) is 0.424. The molecule has 0 atom stereocenters. The smallest absolute Gasteiger partial charge is 0.228 e. The fraction of sp³-hybridized carbons (Fsp3) is 0. The summed E-state index contributed by atoms with van der Waals surface area (Å²) in [7, 11) is 0. The molecule has 0 radical (unpaired) electrons. The van der Waals surface area contributed by atoms with Crippen molar-refractivity contribution in [2.24, 2.45) is 0 Å². The van der Waals surface area contributed by atoms with Crippen molar-refractivity contribution >= 4 is 33.1 Å². The molecule has 4 rings (SSSR count). The molecule has 0 aliphatic carbocycles. The molecule has 0 unspecified atom stereocenters. The van der Waals surface area contributed by atoms with Crippen molar-refractivity contribution in [2.75, 3.05) is 0 Å². The van der Waals surface area contributed by atoms with Crippen molar-refractivity contribution in [1.82, 2.24) is 29.9 Å². The van der Waals surface area contributed by atoms with Gasteiger partial charge in [-0.15, -0.1) is 0 Å². The Morgan fingerprint density at radius 1 is 0.444 bits per heavy atom. The minimum absolute atomic E-state index is 0.267. The Labute approximate surface area is 146 Å². The van der Waals surface area contributed by atoms with Crippen LogP contribution in [0.3, 0.4) is 0 Å². The van der Waals surface area contributed by atoms with E-state index in [4.69, 9.17) is 15.8 Å². The SMILES string of the molecule is N#Cc1nc2c(nc1F)c1nc(C#N)c(F)nc1c1nc(C#N)c(F)nc21. The lowest BCUT2D eigenvalue weighted by Crippen LogP contribution is -2.05. The number of rotatable bonds is 0. The van der Waals surface area contributed by atoms with Crippen molar-refractivity contribution in [3.63, 3.8) is 0 Å². The van der Waals surface area contributed by atoms with E-state index in [9.17, 15) is 13.2 Å². The first-order valence-corrected chi connectivity index (χ1v) is 6.92. The second-order valence-electron chi connectivity index (χ2n) is 5.02. The van der Waals surface area contributed by atoms with E-state index < -0.39 is 34.9 Å². The predicted octanol–water partition coefficient (Wildman–Crippen LogP) is 1.55. The number of hydrogen-bond donors (Lipinski definition) is 0. The third kappa shape index (κ3) is 2.16. The van der Waals surface area contributed by atoms with Gasteiger partial charge < -0.3 is 0 Å². The molecule has 1 aromatic carbocycles.